The van der Waals surface area contributed by atoms with Crippen LogP contribution in [0.4, 0.5) is 18.9 Å². The van der Waals surface area contributed by atoms with Crippen molar-refractivity contribution in [3.8, 4) is 0 Å². The highest BCUT2D eigenvalue weighted by Gasteiger charge is 2.30. The molecule has 0 aliphatic carbocycles. The fraction of sp³-hybridized carbons (Fsp3) is 0.133. The Labute approximate surface area is 118 Å². The number of nitrogens with two attached hydrogens (primary N) is 1. The molecule has 21 heavy (non-hydrogen) atoms. The third-order valence-corrected chi connectivity index (χ3v) is 3.25. The molecule has 0 atom stereocenters. The van der Waals surface area contributed by atoms with Crippen LogP contribution < -0.4 is 5.73 Å². The summed E-state index contributed by atoms with van der Waals surface area (Å²) in [5.74, 6) is 0.671. The van der Waals surface area contributed by atoms with Crippen molar-refractivity contribution in [1.29, 1.82) is 0 Å². The van der Waals surface area contributed by atoms with E-state index in [4.69, 9.17) is 5.73 Å². The van der Waals surface area contributed by atoms with E-state index in [1.165, 1.54) is 6.07 Å². The van der Waals surface area contributed by atoms with E-state index in [1.54, 1.807) is 30.6 Å². The molecule has 108 valence electrons. The Bertz CT molecular complexity index is 790. The third-order valence-electron chi connectivity index (χ3n) is 3.25. The van der Waals surface area contributed by atoms with Crippen LogP contribution in [0.2, 0.25) is 0 Å². The van der Waals surface area contributed by atoms with E-state index in [0.717, 1.165) is 17.6 Å². The summed E-state index contributed by atoms with van der Waals surface area (Å²) in [7, 11) is 0. The monoisotopic (exact) mass is 291 g/mol. The predicted molar refractivity (Wildman–Crippen MR) is 73.9 cm³/mol. The number of imidazole rings is 1. The van der Waals surface area contributed by atoms with Crippen LogP contribution >= 0.6 is 0 Å². The number of hydrogen-bond acceptors (Lipinski definition) is 2. The number of fused-ring (bicyclic) bond motifs is 1. The molecule has 0 aliphatic heterocycles. The molecular weight excluding hydrogens is 279 g/mol. The van der Waals surface area contributed by atoms with Gasteiger partial charge in [-0.05, 0) is 23.8 Å². The SMILES string of the molecule is Nc1ccn2c(Cc3cccc(C(F)(F)F)c3)ncc2c1. The molecule has 0 bridgehead atoms. The average molecular weight is 291 g/mol. The molecule has 0 aliphatic rings. The van der Waals surface area contributed by atoms with Crippen molar-refractivity contribution in [3.05, 3.63) is 65.7 Å². The minimum Gasteiger partial charge on any atom is -0.399 e. The Hall–Kier alpha value is -2.50. The van der Waals surface area contributed by atoms with E-state index >= 15 is 0 Å². The average Bonchev–Trinajstić information content (AvgIpc) is 2.80. The molecule has 0 spiro atoms. The van der Waals surface area contributed by atoms with Crippen LogP contribution in [0.25, 0.3) is 5.52 Å². The van der Waals surface area contributed by atoms with E-state index in [1.807, 2.05) is 4.40 Å². The summed E-state index contributed by atoms with van der Waals surface area (Å²) in [6, 6.07) is 8.78. The second-order valence-electron chi connectivity index (χ2n) is 4.80. The maximum atomic E-state index is 12.7. The van der Waals surface area contributed by atoms with Crippen molar-refractivity contribution in [2.75, 3.05) is 5.73 Å². The molecule has 0 amide bonds. The number of rotatable bonds is 2. The zero-order valence-corrected chi connectivity index (χ0v) is 10.9. The first-order valence-electron chi connectivity index (χ1n) is 6.31. The quantitative estimate of drug-likeness (QED) is 0.785. The number of hydrogen-bond donors (Lipinski definition) is 1. The molecule has 0 saturated carbocycles. The van der Waals surface area contributed by atoms with Crippen molar-refractivity contribution in [3.63, 3.8) is 0 Å². The summed E-state index contributed by atoms with van der Waals surface area (Å²) >= 11 is 0. The normalized spacial score (nSPS) is 12.0. The topological polar surface area (TPSA) is 43.3 Å². The van der Waals surface area contributed by atoms with Gasteiger partial charge in [0.05, 0.1) is 17.3 Å². The predicted octanol–water partition coefficient (Wildman–Crippen LogP) is 3.53. The molecule has 0 fully saturated rings. The Morgan fingerprint density at radius 3 is 2.71 bits per heavy atom. The molecule has 3 nitrogen and oxygen atoms in total. The van der Waals surface area contributed by atoms with Crippen LogP contribution in [0.3, 0.4) is 0 Å². The summed E-state index contributed by atoms with van der Waals surface area (Å²) in [6.07, 6.45) is -0.596. The number of pyridine rings is 1. The van der Waals surface area contributed by atoms with E-state index in [2.05, 4.69) is 4.98 Å². The molecule has 6 heteroatoms. The highest BCUT2D eigenvalue weighted by atomic mass is 19.4. The zero-order valence-electron chi connectivity index (χ0n) is 10.9. The van der Waals surface area contributed by atoms with Gasteiger partial charge in [-0.15, -0.1) is 0 Å². The lowest BCUT2D eigenvalue weighted by Crippen LogP contribution is -2.06. The Morgan fingerprint density at radius 1 is 1.14 bits per heavy atom. The van der Waals surface area contributed by atoms with Crippen molar-refractivity contribution < 1.29 is 13.2 Å². The Kier molecular flexibility index (Phi) is 3.08. The first kappa shape index (κ1) is 13.5. The highest BCUT2D eigenvalue weighted by molar-refractivity contribution is 5.56. The summed E-state index contributed by atoms with van der Waals surface area (Å²) in [5, 5.41) is 0. The summed E-state index contributed by atoms with van der Waals surface area (Å²) in [6.45, 7) is 0. The van der Waals surface area contributed by atoms with Gasteiger partial charge in [0.25, 0.3) is 0 Å². The summed E-state index contributed by atoms with van der Waals surface area (Å²) in [4.78, 5) is 4.25. The lowest BCUT2D eigenvalue weighted by Gasteiger charge is -2.08. The Morgan fingerprint density at radius 2 is 1.95 bits per heavy atom. The second kappa shape index (κ2) is 4.80. The van der Waals surface area contributed by atoms with Crippen LogP contribution in [0.5, 0.6) is 0 Å². The van der Waals surface area contributed by atoms with Gasteiger partial charge in [-0.1, -0.05) is 18.2 Å². The van der Waals surface area contributed by atoms with Gasteiger partial charge in [-0.3, -0.25) is 0 Å². The molecule has 0 unspecified atom stereocenters. The molecule has 2 N–H and O–H groups in total. The number of aromatic nitrogens is 2. The number of nitrogen functional groups attached to an aromatic ring is 1. The minimum absolute atomic E-state index is 0.321. The lowest BCUT2D eigenvalue weighted by molar-refractivity contribution is -0.137. The van der Waals surface area contributed by atoms with Crippen LogP contribution in [0.15, 0.2) is 48.8 Å². The third kappa shape index (κ3) is 2.69. The molecule has 3 aromatic rings. The molecular formula is C15H12F3N3. The van der Waals surface area contributed by atoms with Crippen LogP contribution in [0, 0.1) is 0 Å². The number of halogens is 3. The zero-order chi connectivity index (χ0) is 15.0. The molecule has 2 heterocycles. The first-order valence-corrected chi connectivity index (χ1v) is 6.31. The van der Waals surface area contributed by atoms with Crippen molar-refractivity contribution in [2.45, 2.75) is 12.6 Å². The van der Waals surface area contributed by atoms with Gasteiger partial charge in [0.15, 0.2) is 0 Å². The Balaban J connectivity index is 1.95. The van der Waals surface area contributed by atoms with Crippen molar-refractivity contribution in [2.24, 2.45) is 0 Å². The maximum Gasteiger partial charge on any atom is 0.416 e. The van der Waals surface area contributed by atoms with Crippen LogP contribution in [-0.2, 0) is 12.6 Å². The van der Waals surface area contributed by atoms with Gasteiger partial charge >= 0.3 is 6.18 Å². The van der Waals surface area contributed by atoms with Crippen molar-refractivity contribution in [1.82, 2.24) is 9.38 Å². The van der Waals surface area contributed by atoms with E-state index < -0.39 is 11.7 Å². The van der Waals surface area contributed by atoms with Gasteiger partial charge in [-0.2, -0.15) is 13.2 Å². The molecule has 0 saturated heterocycles. The van der Waals surface area contributed by atoms with E-state index in [-0.39, 0.29) is 0 Å². The fourth-order valence-corrected chi connectivity index (χ4v) is 2.24. The van der Waals surface area contributed by atoms with Gasteiger partial charge in [0.2, 0.25) is 0 Å². The minimum atomic E-state index is -4.33. The number of nitrogens with zero attached hydrogens (tertiary/aromatic N) is 2. The number of alkyl halides is 3. The van der Waals surface area contributed by atoms with Gasteiger partial charge in [0, 0.05) is 18.3 Å². The van der Waals surface area contributed by atoms with Gasteiger partial charge in [0.1, 0.15) is 5.82 Å². The highest BCUT2D eigenvalue weighted by Crippen LogP contribution is 2.30. The fourth-order valence-electron chi connectivity index (χ4n) is 2.24. The first-order chi connectivity index (χ1) is 9.93. The van der Waals surface area contributed by atoms with Crippen molar-refractivity contribution >= 4 is 11.2 Å². The van der Waals surface area contributed by atoms with E-state index in [9.17, 15) is 13.2 Å². The number of anilines is 1. The molecule has 0 radical (unpaired) electrons. The van der Waals surface area contributed by atoms with Crippen LogP contribution in [0.1, 0.15) is 17.0 Å². The molecule has 3 rings (SSSR count). The van der Waals surface area contributed by atoms with E-state index in [0.29, 0.717) is 23.5 Å². The smallest absolute Gasteiger partial charge is 0.399 e. The molecule has 1 aromatic carbocycles. The lowest BCUT2D eigenvalue weighted by atomic mass is 10.1. The largest absolute Gasteiger partial charge is 0.416 e. The molecule has 2 aromatic heterocycles. The summed E-state index contributed by atoms with van der Waals surface area (Å²) in [5.41, 5.74) is 7.04. The standard InChI is InChI=1S/C15H12F3N3/c16-15(17,18)11-3-1-2-10(6-11)7-14-20-9-13-8-12(19)4-5-21(13)14/h1-6,8-9H,7,19H2. The second-order valence-corrected chi connectivity index (χ2v) is 4.80. The van der Waals surface area contributed by atoms with Gasteiger partial charge < -0.3 is 10.1 Å². The van der Waals surface area contributed by atoms with Crippen LogP contribution in [-0.4, -0.2) is 9.38 Å². The maximum absolute atomic E-state index is 12.7. The van der Waals surface area contributed by atoms with Gasteiger partial charge in [-0.25, -0.2) is 4.98 Å². The number of benzene rings is 1. The summed E-state index contributed by atoms with van der Waals surface area (Å²) < 4.78 is 39.9.